The third kappa shape index (κ3) is 6.28. The molecular weight excluding hydrogens is 248 g/mol. The molecule has 0 aliphatic heterocycles. The highest BCUT2D eigenvalue weighted by atomic mass is 16.5. The Morgan fingerprint density at radius 3 is 2.89 bits per heavy atom. The number of esters is 1. The maximum Gasteiger partial charge on any atom is 0.338 e. The Morgan fingerprint density at radius 1 is 1.32 bits per heavy atom. The predicted molar refractivity (Wildman–Crippen MR) is 69.7 cm³/mol. The minimum absolute atomic E-state index is 0.300. The van der Waals surface area contributed by atoms with Gasteiger partial charge in [-0.05, 0) is 12.1 Å². The summed E-state index contributed by atoms with van der Waals surface area (Å²) in [6.07, 6.45) is 2.21. The van der Waals surface area contributed by atoms with Gasteiger partial charge in [-0.3, -0.25) is 4.98 Å². The summed E-state index contributed by atoms with van der Waals surface area (Å²) >= 11 is 0. The number of carbonyl (C=O) groups excluding carboxylic acids is 1. The van der Waals surface area contributed by atoms with Gasteiger partial charge in [0.15, 0.2) is 0 Å². The number of carbonyl (C=O) groups is 1. The standard InChI is InChI=1S/C13H20N2O4/c1-17-7-8-18-5-2-6-19-13(16)11-3-4-15-12(9-11)10-14/h3-4,9H,2,5-8,10,14H2,1H3. The predicted octanol–water partition coefficient (Wildman–Crippen LogP) is 0.750. The van der Waals surface area contributed by atoms with Crippen LogP contribution in [0.15, 0.2) is 18.3 Å². The van der Waals surface area contributed by atoms with E-state index in [0.717, 1.165) is 0 Å². The van der Waals surface area contributed by atoms with Gasteiger partial charge in [0.05, 0.1) is 31.1 Å². The van der Waals surface area contributed by atoms with Crippen LogP contribution in [0.25, 0.3) is 0 Å². The molecule has 0 amide bonds. The van der Waals surface area contributed by atoms with Crippen LogP contribution in [0.2, 0.25) is 0 Å². The molecule has 0 fully saturated rings. The van der Waals surface area contributed by atoms with E-state index in [1.165, 1.54) is 0 Å². The monoisotopic (exact) mass is 268 g/mol. The number of nitrogens with zero attached hydrogens (tertiary/aromatic N) is 1. The van der Waals surface area contributed by atoms with Gasteiger partial charge >= 0.3 is 5.97 Å². The molecule has 1 rings (SSSR count). The van der Waals surface area contributed by atoms with E-state index < -0.39 is 0 Å². The SMILES string of the molecule is COCCOCCCOC(=O)c1ccnc(CN)c1. The number of hydrogen-bond donors (Lipinski definition) is 1. The summed E-state index contributed by atoms with van der Waals surface area (Å²) < 4.78 is 15.2. The molecule has 0 spiro atoms. The van der Waals surface area contributed by atoms with E-state index in [1.54, 1.807) is 25.4 Å². The summed E-state index contributed by atoms with van der Waals surface area (Å²) in [4.78, 5) is 15.7. The van der Waals surface area contributed by atoms with E-state index in [1.807, 2.05) is 0 Å². The van der Waals surface area contributed by atoms with Gasteiger partial charge < -0.3 is 19.9 Å². The Balaban J connectivity index is 2.20. The number of hydrogen-bond acceptors (Lipinski definition) is 6. The van der Waals surface area contributed by atoms with Crippen LogP contribution in [0.3, 0.4) is 0 Å². The molecule has 106 valence electrons. The van der Waals surface area contributed by atoms with Crippen molar-refractivity contribution in [2.45, 2.75) is 13.0 Å². The number of nitrogens with two attached hydrogens (primary N) is 1. The normalized spacial score (nSPS) is 10.4. The summed E-state index contributed by atoms with van der Waals surface area (Å²) in [5, 5.41) is 0. The van der Waals surface area contributed by atoms with Crippen molar-refractivity contribution in [3.8, 4) is 0 Å². The summed E-state index contributed by atoms with van der Waals surface area (Å²) in [6, 6.07) is 3.24. The highest BCUT2D eigenvalue weighted by Gasteiger charge is 2.07. The molecule has 0 saturated carbocycles. The highest BCUT2D eigenvalue weighted by Crippen LogP contribution is 2.03. The number of pyridine rings is 1. The van der Waals surface area contributed by atoms with E-state index in [-0.39, 0.29) is 5.97 Å². The smallest absolute Gasteiger partial charge is 0.338 e. The van der Waals surface area contributed by atoms with Crippen LogP contribution in [0, 0.1) is 0 Å². The third-order valence-corrected chi connectivity index (χ3v) is 2.36. The number of rotatable bonds is 9. The molecule has 0 radical (unpaired) electrons. The van der Waals surface area contributed by atoms with Gasteiger partial charge in [0.1, 0.15) is 0 Å². The zero-order valence-electron chi connectivity index (χ0n) is 11.1. The van der Waals surface area contributed by atoms with Crippen LogP contribution >= 0.6 is 0 Å². The van der Waals surface area contributed by atoms with Crippen LogP contribution < -0.4 is 5.73 Å². The molecule has 6 nitrogen and oxygen atoms in total. The minimum atomic E-state index is -0.367. The molecule has 1 aromatic heterocycles. The molecule has 6 heteroatoms. The molecule has 0 aliphatic rings. The van der Waals surface area contributed by atoms with Gasteiger partial charge in [-0.15, -0.1) is 0 Å². The topological polar surface area (TPSA) is 83.7 Å². The summed E-state index contributed by atoms with van der Waals surface area (Å²) in [5.41, 5.74) is 6.59. The minimum Gasteiger partial charge on any atom is -0.462 e. The zero-order valence-corrected chi connectivity index (χ0v) is 11.1. The molecule has 0 bridgehead atoms. The summed E-state index contributed by atoms with van der Waals surface area (Å²) in [6.45, 7) is 2.29. The molecule has 19 heavy (non-hydrogen) atoms. The molecular formula is C13H20N2O4. The lowest BCUT2D eigenvalue weighted by Gasteiger charge is -2.06. The molecule has 0 unspecified atom stereocenters. The van der Waals surface area contributed by atoms with E-state index in [4.69, 9.17) is 19.9 Å². The second kappa shape index (κ2) is 9.43. The fourth-order valence-corrected chi connectivity index (χ4v) is 1.37. The molecule has 0 atom stereocenters. The van der Waals surface area contributed by atoms with E-state index >= 15 is 0 Å². The lowest BCUT2D eigenvalue weighted by molar-refractivity contribution is 0.0385. The Bertz CT molecular complexity index is 385. The van der Waals surface area contributed by atoms with Crippen molar-refractivity contribution in [2.75, 3.05) is 33.5 Å². The lowest BCUT2D eigenvalue weighted by Crippen LogP contribution is -2.11. The Kier molecular flexibility index (Phi) is 7.72. The van der Waals surface area contributed by atoms with Gasteiger partial charge in [-0.25, -0.2) is 4.79 Å². The summed E-state index contributed by atoms with van der Waals surface area (Å²) in [5.74, 6) is -0.367. The largest absolute Gasteiger partial charge is 0.462 e. The zero-order chi connectivity index (χ0) is 13.9. The van der Waals surface area contributed by atoms with Crippen molar-refractivity contribution in [1.82, 2.24) is 4.98 Å². The van der Waals surface area contributed by atoms with E-state index in [9.17, 15) is 4.79 Å². The fourth-order valence-electron chi connectivity index (χ4n) is 1.37. The Labute approximate surface area is 112 Å². The Hall–Kier alpha value is -1.50. The number of methoxy groups -OCH3 is 1. The van der Waals surface area contributed by atoms with Crippen molar-refractivity contribution in [1.29, 1.82) is 0 Å². The maximum absolute atomic E-state index is 11.7. The molecule has 2 N–H and O–H groups in total. The number of aromatic nitrogens is 1. The highest BCUT2D eigenvalue weighted by molar-refractivity contribution is 5.89. The second-order valence-corrected chi connectivity index (χ2v) is 3.83. The second-order valence-electron chi connectivity index (χ2n) is 3.83. The molecule has 1 heterocycles. The van der Waals surface area contributed by atoms with Crippen LogP contribution in [0.1, 0.15) is 22.5 Å². The summed E-state index contributed by atoms with van der Waals surface area (Å²) in [7, 11) is 1.62. The van der Waals surface area contributed by atoms with E-state index in [2.05, 4.69) is 4.98 Å². The van der Waals surface area contributed by atoms with Crippen molar-refractivity contribution in [3.63, 3.8) is 0 Å². The lowest BCUT2D eigenvalue weighted by atomic mass is 10.2. The van der Waals surface area contributed by atoms with Gasteiger partial charge in [0, 0.05) is 32.9 Å². The van der Waals surface area contributed by atoms with Crippen molar-refractivity contribution < 1.29 is 19.0 Å². The van der Waals surface area contributed by atoms with Crippen LogP contribution in [-0.4, -0.2) is 44.5 Å². The van der Waals surface area contributed by atoms with Crippen LogP contribution in [0.5, 0.6) is 0 Å². The average molecular weight is 268 g/mol. The van der Waals surface area contributed by atoms with Crippen molar-refractivity contribution >= 4 is 5.97 Å². The molecule has 0 saturated heterocycles. The number of ether oxygens (including phenoxy) is 3. The van der Waals surface area contributed by atoms with Gasteiger partial charge in [-0.2, -0.15) is 0 Å². The molecule has 0 aromatic carbocycles. The average Bonchev–Trinajstić information content (AvgIpc) is 2.46. The molecule has 0 aliphatic carbocycles. The first-order valence-electron chi connectivity index (χ1n) is 6.16. The quantitative estimate of drug-likeness (QED) is 0.525. The maximum atomic E-state index is 11.7. The van der Waals surface area contributed by atoms with Crippen LogP contribution in [0.4, 0.5) is 0 Å². The van der Waals surface area contributed by atoms with Crippen molar-refractivity contribution in [2.24, 2.45) is 5.73 Å². The van der Waals surface area contributed by atoms with Gasteiger partial charge in [0.25, 0.3) is 0 Å². The van der Waals surface area contributed by atoms with E-state index in [0.29, 0.717) is 50.7 Å². The third-order valence-electron chi connectivity index (χ3n) is 2.36. The first kappa shape index (κ1) is 15.6. The first-order chi connectivity index (χ1) is 9.27. The first-order valence-corrected chi connectivity index (χ1v) is 6.16. The van der Waals surface area contributed by atoms with Crippen LogP contribution in [-0.2, 0) is 20.8 Å². The molecule has 1 aromatic rings. The van der Waals surface area contributed by atoms with Gasteiger partial charge in [-0.1, -0.05) is 0 Å². The van der Waals surface area contributed by atoms with Crippen molar-refractivity contribution in [3.05, 3.63) is 29.6 Å². The fraction of sp³-hybridized carbons (Fsp3) is 0.538. The Morgan fingerprint density at radius 2 is 2.16 bits per heavy atom. The van der Waals surface area contributed by atoms with Gasteiger partial charge in [0.2, 0.25) is 0 Å².